The van der Waals surface area contributed by atoms with E-state index in [1.54, 1.807) is 18.2 Å². The molecule has 1 aromatic rings. The van der Waals surface area contributed by atoms with Gasteiger partial charge in [-0.25, -0.2) is 4.39 Å². The van der Waals surface area contributed by atoms with E-state index in [9.17, 15) is 9.18 Å². The van der Waals surface area contributed by atoms with Crippen molar-refractivity contribution in [1.82, 2.24) is 5.32 Å². The molecule has 0 saturated heterocycles. The maximum absolute atomic E-state index is 13.8. The van der Waals surface area contributed by atoms with Crippen LogP contribution in [0.3, 0.4) is 0 Å². The molecule has 0 heterocycles. The Morgan fingerprint density at radius 2 is 2.00 bits per heavy atom. The molecular weight excluding hydrogens is 279 g/mol. The molecule has 0 aliphatic rings. The van der Waals surface area contributed by atoms with Crippen LogP contribution in [0.5, 0.6) is 0 Å². The lowest BCUT2D eigenvalue weighted by molar-refractivity contribution is -0.122. The number of hydrogen-bond donors (Lipinski definition) is 2. The van der Waals surface area contributed by atoms with Crippen LogP contribution < -0.4 is 11.1 Å². The third kappa shape index (κ3) is 5.10. The normalized spacial score (nSPS) is 12.4. The van der Waals surface area contributed by atoms with Gasteiger partial charge in [-0.15, -0.1) is 12.4 Å². The second-order valence-corrected chi connectivity index (χ2v) is 5.48. The van der Waals surface area contributed by atoms with Gasteiger partial charge in [-0.2, -0.15) is 0 Å². The van der Waals surface area contributed by atoms with Crippen molar-refractivity contribution in [3.8, 4) is 0 Å². The first-order valence-electron chi connectivity index (χ1n) is 6.66. The van der Waals surface area contributed by atoms with Gasteiger partial charge >= 0.3 is 0 Å². The molecule has 1 amide bonds. The van der Waals surface area contributed by atoms with Gasteiger partial charge in [0.1, 0.15) is 5.82 Å². The molecular formula is C15H24ClFN2O. The molecule has 0 aromatic heterocycles. The summed E-state index contributed by atoms with van der Waals surface area (Å²) in [5, 5.41) is 2.80. The van der Waals surface area contributed by atoms with E-state index < -0.39 is 11.5 Å². The van der Waals surface area contributed by atoms with Gasteiger partial charge in [-0.1, -0.05) is 45.4 Å². The fourth-order valence-electron chi connectivity index (χ4n) is 1.99. The number of halogens is 2. The highest BCUT2D eigenvalue weighted by Gasteiger charge is 2.25. The predicted octanol–water partition coefficient (Wildman–Crippen LogP) is 2.77. The zero-order valence-electron chi connectivity index (χ0n) is 12.3. The number of hydrogen-bond acceptors (Lipinski definition) is 2. The summed E-state index contributed by atoms with van der Waals surface area (Å²) in [6.07, 6.45) is 1.53. The zero-order chi connectivity index (χ0) is 14.5. The summed E-state index contributed by atoms with van der Waals surface area (Å²) in [6, 6.07) is 6.14. The summed E-state index contributed by atoms with van der Waals surface area (Å²) in [5.41, 5.74) is 5.87. The number of nitrogens with one attached hydrogen (secondary N) is 1. The van der Waals surface area contributed by atoms with E-state index in [1.165, 1.54) is 6.07 Å². The third-order valence-corrected chi connectivity index (χ3v) is 3.24. The van der Waals surface area contributed by atoms with Crippen molar-refractivity contribution in [1.29, 1.82) is 0 Å². The number of carbonyl (C=O) groups is 1. The van der Waals surface area contributed by atoms with Gasteiger partial charge in [0.05, 0.1) is 6.04 Å². The Bertz CT molecular complexity index is 438. The first kappa shape index (κ1) is 18.9. The van der Waals surface area contributed by atoms with Gasteiger partial charge in [-0.3, -0.25) is 4.79 Å². The minimum Gasteiger partial charge on any atom is -0.354 e. The van der Waals surface area contributed by atoms with E-state index in [1.807, 2.05) is 20.8 Å². The Morgan fingerprint density at radius 3 is 2.55 bits per heavy atom. The van der Waals surface area contributed by atoms with Crippen LogP contribution in [-0.2, 0) is 10.2 Å². The first-order valence-corrected chi connectivity index (χ1v) is 6.66. The predicted molar refractivity (Wildman–Crippen MR) is 82.6 cm³/mol. The Balaban J connectivity index is 0.00000361. The van der Waals surface area contributed by atoms with E-state index in [-0.39, 0.29) is 24.1 Å². The second kappa shape index (κ2) is 8.22. The van der Waals surface area contributed by atoms with Crippen molar-refractivity contribution in [2.45, 2.75) is 45.1 Å². The van der Waals surface area contributed by atoms with Crippen molar-refractivity contribution in [3.63, 3.8) is 0 Å². The molecule has 20 heavy (non-hydrogen) atoms. The van der Waals surface area contributed by atoms with Crippen LogP contribution >= 0.6 is 12.4 Å². The van der Waals surface area contributed by atoms with Gasteiger partial charge in [0.25, 0.3) is 0 Å². The molecule has 0 radical (unpaired) electrons. The third-order valence-electron chi connectivity index (χ3n) is 3.24. The average Bonchev–Trinajstić information content (AvgIpc) is 2.36. The number of amides is 1. The maximum atomic E-state index is 13.8. The molecule has 1 unspecified atom stereocenters. The molecule has 1 rings (SSSR count). The lowest BCUT2D eigenvalue weighted by Gasteiger charge is -2.26. The van der Waals surface area contributed by atoms with Crippen molar-refractivity contribution in [3.05, 3.63) is 35.6 Å². The van der Waals surface area contributed by atoms with E-state index in [0.29, 0.717) is 18.5 Å². The molecule has 0 saturated carbocycles. The van der Waals surface area contributed by atoms with Gasteiger partial charge in [0.2, 0.25) is 5.91 Å². The second-order valence-electron chi connectivity index (χ2n) is 5.48. The molecule has 1 aromatic carbocycles. The molecule has 0 spiro atoms. The summed E-state index contributed by atoms with van der Waals surface area (Å²) in [6.45, 7) is 6.15. The van der Waals surface area contributed by atoms with Crippen LogP contribution in [0.2, 0.25) is 0 Å². The highest BCUT2D eigenvalue weighted by Crippen LogP contribution is 2.24. The highest BCUT2D eigenvalue weighted by atomic mass is 35.5. The van der Waals surface area contributed by atoms with Crippen LogP contribution in [0.25, 0.3) is 0 Å². The molecule has 0 fully saturated rings. The highest BCUT2D eigenvalue weighted by molar-refractivity contribution is 5.85. The standard InChI is InChI=1S/C15H23FN2O.ClH/c1-4-7-13(17)14(19)18-10-15(2,3)11-8-5-6-9-12(11)16;/h5-6,8-9,13H,4,7,10,17H2,1-3H3,(H,18,19);1H. The first-order chi connectivity index (χ1) is 8.88. The maximum Gasteiger partial charge on any atom is 0.236 e. The fourth-order valence-corrected chi connectivity index (χ4v) is 1.99. The van der Waals surface area contributed by atoms with Crippen LogP contribution in [-0.4, -0.2) is 18.5 Å². The molecule has 1 atom stereocenters. The molecule has 3 N–H and O–H groups in total. The Hall–Kier alpha value is -1.13. The monoisotopic (exact) mass is 302 g/mol. The molecule has 3 nitrogen and oxygen atoms in total. The van der Waals surface area contributed by atoms with Gasteiger partial charge in [0, 0.05) is 12.0 Å². The smallest absolute Gasteiger partial charge is 0.236 e. The van der Waals surface area contributed by atoms with E-state index >= 15 is 0 Å². The van der Waals surface area contributed by atoms with Crippen molar-refractivity contribution >= 4 is 18.3 Å². The minimum absolute atomic E-state index is 0. The van der Waals surface area contributed by atoms with Gasteiger partial charge in [-0.05, 0) is 18.1 Å². The Labute approximate surface area is 126 Å². The lowest BCUT2D eigenvalue weighted by atomic mass is 9.84. The van der Waals surface area contributed by atoms with Crippen molar-refractivity contribution in [2.75, 3.05) is 6.54 Å². The molecule has 0 bridgehead atoms. The molecule has 0 aliphatic carbocycles. The Kier molecular flexibility index (Phi) is 7.76. The molecule has 114 valence electrons. The van der Waals surface area contributed by atoms with Gasteiger partial charge < -0.3 is 11.1 Å². The summed E-state index contributed by atoms with van der Waals surface area (Å²) in [7, 11) is 0. The quantitative estimate of drug-likeness (QED) is 0.849. The number of nitrogens with two attached hydrogens (primary N) is 1. The van der Waals surface area contributed by atoms with E-state index in [0.717, 1.165) is 6.42 Å². The fraction of sp³-hybridized carbons (Fsp3) is 0.533. The SMILES string of the molecule is CCCC(N)C(=O)NCC(C)(C)c1ccccc1F.Cl. The minimum atomic E-state index is -0.485. The summed E-state index contributed by atoms with van der Waals surface area (Å²) >= 11 is 0. The van der Waals surface area contributed by atoms with Crippen molar-refractivity contribution < 1.29 is 9.18 Å². The summed E-state index contributed by atoms with van der Waals surface area (Å²) < 4.78 is 13.8. The molecule has 0 aliphatic heterocycles. The average molecular weight is 303 g/mol. The van der Waals surface area contributed by atoms with Crippen molar-refractivity contribution in [2.24, 2.45) is 5.73 Å². The van der Waals surface area contributed by atoms with Gasteiger partial charge in [0.15, 0.2) is 0 Å². The number of benzene rings is 1. The van der Waals surface area contributed by atoms with Crippen LogP contribution in [0, 0.1) is 5.82 Å². The molecule has 5 heteroatoms. The van der Waals surface area contributed by atoms with E-state index in [4.69, 9.17) is 5.73 Å². The topological polar surface area (TPSA) is 55.1 Å². The Morgan fingerprint density at radius 1 is 1.40 bits per heavy atom. The number of carbonyl (C=O) groups excluding carboxylic acids is 1. The summed E-state index contributed by atoms with van der Waals surface area (Å²) in [4.78, 5) is 11.8. The van der Waals surface area contributed by atoms with Crippen LogP contribution in [0.15, 0.2) is 24.3 Å². The largest absolute Gasteiger partial charge is 0.354 e. The van der Waals surface area contributed by atoms with Crippen LogP contribution in [0.1, 0.15) is 39.2 Å². The zero-order valence-corrected chi connectivity index (χ0v) is 13.1. The lowest BCUT2D eigenvalue weighted by Crippen LogP contribution is -2.45. The van der Waals surface area contributed by atoms with E-state index in [2.05, 4.69) is 5.32 Å². The number of rotatable bonds is 6. The van der Waals surface area contributed by atoms with Crippen LogP contribution in [0.4, 0.5) is 4.39 Å². The summed E-state index contributed by atoms with van der Waals surface area (Å²) in [5.74, 6) is -0.425.